The summed E-state index contributed by atoms with van der Waals surface area (Å²) in [6.07, 6.45) is 7.45. The Labute approximate surface area is 119 Å². The van der Waals surface area contributed by atoms with Crippen molar-refractivity contribution < 1.29 is 9.59 Å². The molecule has 1 N–H and O–H groups in total. The third kappa shape index (κ3) is 3.16. The predicted molar refractivity (Wildman–Crippen MR) is 73.7 cm³/mol. The predicted octanol–water partition coefficient (Wildman–Crippen LogP) is 1.08. The summed E-state index contributed by atoms with van der Waals surface area (Å²) in [5.41, 5.74) is -0.793. The van der Waals surface area contributed by atoms with Crippen molar-refractivity contribution in [1.82, 2.24) is 10.2 Å². The molecule has 1 fully saturated rings. The van der Waals surface area contributed by atoms with Crippen LogP contribution in [0.15, 0.2) is 10.2 Å². The van der Waals surface area contributed by atoms with Crippen LogP contribution in [0, 0.1) is 12.3 Å². The summed E-state index contributed by atoms with van der Waals surface area (Å²) in [6.45, 7) is 4.50. The van der Waals surface area contributed by atoms with Gasteiger partial charge >= 0.3 is 0 Å². The fourth-order valence-electron chi connectivity index (χ4n) is 2.36. The topological polar surface area (TPSA) is 74.1 Å². The second-order valence-corrected chi connectivity index (χ2v) is 5.96. The van der Waals surface area contributed by atoms with Gasteiger partial charge in [0.1, 0.15) is 6.54 Å². The van der Waals surface area contributed by atoms with Crippen molar-refractivity contribution in [2.24, 2.45) is 10.2 Å². The Bertz CT molecular complexity index is 484. The maximum absolute atomic E-state index is 12.3. The molecule has 0 aromatic rings. The van der Waals surface area contributed by atoms with E-state index in [4.69, 9.17) is 6.42 Å². The minimum atomic E-state index is -0.440. The molecule has 1 saturated heterocycles. The molecule has 0 saturated carbocycles. The zero-order chi connectivity index (χ0) is 14.8. The molecular formula is C14H20N4O2. The fraction of sp³-hybridized carbons (Fsp3) is 0.714. The highest BCUT2D eigenvalue weighted by molar-refractivity contribution is 5.86. The highest BCUT2D eigenvalue weighted by Gasteiger charge is 2.41. The van der Waals surface area contributed by atoms with Gasteiger partial charge in [-0.15, -0.1) is 12.3 Å². The number of hydrogen-bond donors (Lipinski definition) is 1. The fourth-order valence-corrected chi connectivity index (χ4v) is 2.36. The molecule has 108 valence electrons. The summed E-state index contributed by atoms with van der Waals surface area (Å²) in [7, 11) is 0. The van der Waals surface area contributed by atoms with Gasteiger partial charge in [-0.1, -0.05) is 0 Å². The van der Waals surface area contributed by atoms with Gasteiger partial charge in [0.25, 0.3) is 0 Å². The average Bonchev–Trinajstić information content (AvgIpc) is 3.17. The monoisotopic (exact) mass is 276 g/mol. The van der Waals surface area contributed by atoms with E-state index in [0.29, 0.717) is 32.2 Å². The van der Waals surface area contributed by atoms with E-state index in [2.05, 4.69) is 21.5 Å². The van der Waals surface area contributed by atoms with Gasteiger partial charge in [-0.05, 0) is 13.8 Å². The summed E-state index contributed by atoms with van der Waals surface area (Å²) in [5.74, 6) is 2.43. The second-order valence-electron chi connectivity index (χ2n) is 5.96. The Balaban J connectivity index is 1.88. The van der Waals surface area contributed by atoms with Crippen LogP contribution < -0.4 is 5.32 Å². The lowest BCUT2D eigenvalue weighted by Gasteiger charge is -2.42. The number of amides is 2. The van der Waals surface area contributed by atoms with Gasteiger partial charge < -0.3 is 10.2 Å². The molecule has 0 atom stereocenters. The van der Waals surface area contributed by atoms with E-state index in [0.717, 1.165) is 0 Å². The van der Waals surface area contributed by atoms with Gasteiger partial charge in [0.2, 0.25) is 11.8 Å². The standard InChI is InChI=1S/C14H20N4O2/c1-4-5-7-14(16-17-14)8-6-12(20)18-9-11(19)15-10-13(18,2)3/h1H,5-10H2,2-3H3,(H,15,19). The van der Waals surface area contributed by atoms with E-state index < -0.39 is 5.66 Å². The quantitative estimate of drug-likeness (QED) is 0.763. The van der Waals surface area contributed by atoms with Gasteiger partial charge in [0.15, 0.2) is 5.66 Å². The van der Waals surface area contributed by atoms with Gasteiger partial charge in [-0.25, -0.2) is 0 Å². The van der Waals surface area contributed by atoms with Gasteiger partial charge in [0, 0.05) is 32.2 Å². The number of carbonyl (C=O) groups is 2. The van der Waals surface area contributed by atoms with Crippen molar-refractivity contribution in [3.05, 3.63) is 0 Å². The van der Waals surface area contributed by atoms with E-state index in [9.17, 15) is 9.59 Å². The molecule has 2 aliphatic heterocycles. The lowest BCUT2D eigenvalue weighted by atomic mass is 9.97. The molecule has 6 nitrogen and oxygen atoms in total. The molecule has 20 heavy (non-hydrogen) atoms. The molecular weight excluding hydrogens is 256 g/mol. The minimum Gasteiger partial charge on any atom is -0.352 e. The highest BCUT2D eigenvalue weighted by atomic mass is 16.2. The third-order valence-corrected chi connectivity index (χ3v) is 3.84. The van der Waals surface area contributed by atoms with Gasteiger partial charge in [0.05, 0.1) is 5.54 Å². The number of carbonyl (C=O) groups excluding carboxylic acids is 2. The number of nitrogens with zero attached hydrogens (tertiary/aromatic N) is 3. The number of nitrogens with one attached hydrogen (secondary N) is 1. The van der Waals surface area contributed by atoms with Crippen LogP contribution in [0.5, 0.6) is 0 Å². The molecule has 0 radical (unpaired) electrons. The summed E-state index contributed by atoms with van der Waals surface area (Å²) in [4.78, 5) is 25.4. The minimum absolute atomic E-state index is 0.0257. The number of terminal acetylenes is 1. The van der Waals surface area contributed by atoms with Gasteiger partial charge in [-0.3, -0.25) is 9.59 Å². The van der Waals surface area contributed by atoms with Crippen LogP contribution in [-0.2, 0) is 9.59 Å². The van der Waals surface area contributed by atoms with Crippen LogP contribution in [0.2, 0.25) is 0 Å². The van der Waals surface area contributed by atoms with Gasteiger partial charge in [-0.2, -0.15) is 10.2 Å². The lowest BCUT2D eigenvalue weighted by molar-refractivity contribution is -0.145. The molecule has 0 aromatic heterocycles. The maximum Gasteiger partial charge on any atom is 0.239 e. The van der Waals surface area contributed by atoms with E-state index >= 15 is 0 Å². The molecule has 2 aliphatic rings. The first-order valence-corrected chi connectivity index (χ1v) is 6.83. The number of rotatable bonds is 5. The zero-order valence-corrected chi connectivity index (χ0v) is 12.0. The first-order valence-electron chi connectivity index (χ1n) is 6.83. The van der Waals surface area contributed by atoms with E-state index in [1.165, 1.54) is 0 Å². The summed E-state index contributed by atoms with van der Waals surface area (Å²) in [5, 5.41) is 10.8. The van der Waals surface area contributed by atoms with Crippen LogP contribution in [0.25, 0.3) is 0 Å². The van der Waals surface area contributed by atoms with Crippen LogP contribution in [0.4, 0.5) is 0 Å². The molecule has 2 rings (SSSR count). The Morgan fingerprint density at radius 3 is 2.75 bits per heavy atom. The van der Waals surface area contributed by atoms with Crippen LogP contribution in [0.1, 0.15) is 39.5 Å². The molecule has 2 heterocycles. The molecule has 6 heteroatoms. The lowest BCUT2D eigenvalue weighted by Crippen LogP contribution is -2.62. The molecule has 0 aliphatic carbocycles. The number of hydrogen-bond acceptors (Lipinski definition) is 4. The summed E-state index contributed by atoms with van der Waals surface area (Å²) >= 11 is 0. The first-order chi connectivity index (χ1) is 9.38. The van der Waals surface area contributed by atoms with E-state index in [-0.39, 0.29) is 23.9 Å². The molecule has 0 spiro atoms. The smallest absolute Gasteiger partial charge is 0.239 e. The van der Waals surface area contributed by atoms with Crippen LogP contribution >= 0.6 is 0 Å². The molecule has 0 aromatic carbocycles. The van der Waals surface area contributed by atoms with Crippen LogP contribution in [-0.4, -0.2) is 41.0 Å². The van der Waals surface area contributed by atoms with E-state index in [1.54, 1.807) is 4.90 Å². The third-order valence-electron chi connectivity index (χ3n) is 3.84. The first kappa shape index (κ1) is 14.5. The SMILES string of the molecule is C#CCCC1(CCC(=O)N2CC(=O)NCC2(C)C)N=N1. The Morgan fingerprint density at radius 2 is 2.15 bits per heavy atom. The Hall–Kier alpha value is -1.90. The average molecular weight is 276 g/mol. The second kappa shape index (κ2) is 5.23. The zero-order valence-electron chi connectivity index (χ0n) is 12.0. The Kier molecular flexibility index (Phi) is 3.80. The van der Waals surface area contributed by atoms with Crippen LogP contribution in [0.3, 0.4) is 0 Å². The van der Waals surface area contributed by atoms with Crippen molar-refractivity contribution in [2.75, 3.05) is 13.1 Å². The molecule has 0 bridgehead atoms. The number of piperazine rings is 1. The largest absolute Gasteiger partial charge is 0.352 e. The highest BCUT2D eigenvalue weighted by Crippen LogP contribution is 2.38. The summed E-state index contributed by atoms with van der Waals surface area (Å²) < 4.78 is 0. The molecule has 2 amide bonds. The maximum atomic E-state index is 12.3. The molecule has 0 unspecified atom stereocenters. The van der Waals surface area contributed by atoms with Crippen molar-refractivity contribution in [1.29, 1.82) is 0 Å². The van der Waals surface area contributed by atoms with Crippen molar-refractivity contribution in [3.8, 4) is 12.3 Å². The summed E-state index contributed by atoms with van der Waals surface area (Å²) in [6, 6.07) is 0. The van der Waals surface area contributed by atoms with Crippen molar-refractivity contribution >= 4 is 11.8 Å². The van der Waals surface area contributed by atoms with Crippen molar-refractivity contribution in [3.63, 3.8) is 0 Å². The van der Waals surface area contributed by atoms with E-state index in [1.807, 2.05) is 13.8 Å². The Morgan fingerprint density at radius 1 is 1.45 bits per heavy atom. The van der Waals surface area contributed by atoms with Crippen molar-refractivity contribution in [2.45, 2.75) is 50.7 Å². The normalized spacial score (nSPS) is 22.1.